The number of aliphatic hydroxyl groups is 1. The minimum Gasteiger partial charge on any atom is -0.385 e. The van der Waals surface area contributed by atoms with Gasteiger partial charge in [0.1, 0.15) is 5.82 Å². The standard InChI is InChI=1S/C17H25FO/c1-12(2)14-5-4-9-17(19,10-8-14)16-7-6-15(18)11-13(16)3/h6-7,11-12,14,19H,4-5,8-10H2,1-3H3. The molecule has 1 aliphatic carbocycles. The normalized spacial score (nSPS) is 28.4. The summed E-state index contributed by atoms with van der Waals surface area (Å²) in [7, 11) is 0. The van der Waals surface area contributed by atoms with Crippen molar-refractivity contribution in [2.24, 2.45) is 11.8 Å². The number of hydrogen-bond acceptors (Lipinski definition) is 1. The highest BCUT2D eigenvalue weighted by Crippen LogP contribution is 2.40. The van der Waals surface area contributed by atoms with E-state index in [1.165, 1.54) is 18.6 Å². The summed E-state index contributed by atoms with van der Waals surface area (Å²) in [6.07, 6.45) is 4.90. The molecule has 1 N–H and O–H groups in total. The van der Waals surface area contributed by atoms with Crippen LogP contribution in [0.1, 0.15) is 57.1 Å². The monoisotopic (exact) mass is 264 g/mol. The van der Waals surface area contributed by atoms with Crippen molar-refractivity contribution in [3.63, 3.8) is 0 Å². The molecule has 1 aliphatic rings. The van der Waals surface area contributed by atoms with E-state index in [0.29, 0.717) is 11.8 Å². The van der Waals surface area contributed by atoms with Crippen LogP contribution in [0.25, 0.3) is 0 Å². The third kappa shape index (κ3) is 3.17. The number of halogens is 1. The van der Waals surface area contributed by atoms with Crippen LogP contribution in [0.2, 0.25) is 0 Å². The van der Waals surface area contributed by atoms with Crippen molar-refractivity contribution in [3.05, 3.63) is 35.1 Å². The molecule has 2 atom stereocenters. The van der Waals surface area contributed by atoms with Gasteiger partial charge in [-0.25, -0.2) is 4.39 Å². The Hall–Kier alpha value is -0.890. The van der Waals surface area contributed by atoms with Crippen LogP contribution in [0.3, 0.4) is 0 Å². The van der Waals surface area contributed by atoms with Crippen molar-refractivity contribution < 1.29 is 9.50 Å². The molecule has 19 heavy (non-hydrogen) atoms. The SMILES string of the molecule is Cc1cc(F)ccc1C1(O)CCCC(C(C)C)CC1. The summed E-state index contributed by atoms with van der Waals surface area (Å²) in [6, 6.07) is 4.75. The summed E-state index contributed by atoms with van der Waals surface area (Å²) < 4.78 is 13.2. The predicted molar refractivity (Wildman–Crippen MR) is 76.4 cm³/mol. The molecular weight excluding hydrogens is 239 g/mol. The Bertz CT molecular complexity index is 441. The van der Waals surface area contributed by atoms with E-state index in [9.17, 15) is 9.50 Å². The quantitative estimate of drug-likeness (QED) is 0.776. The Morgan fingerprint density at radius 3 is 2.63 bits per heavy atom. The van der Waals surface area contributed by atoms with Crippen molar-refractivity contribution in [2.45, 2.75) is 58.5 Å². The molecule has 1 aromatic carbocycles. The molecule has 0 radical (unpaired) electrons. The zero-order valence-electron chi connectivity index (χ0n) is 12.2. The minimum atomic E-state index is -0.762. The Morgan fingerprint density at radius 2 is 2.00 bits per heavy atom. The summed E-state index contributed by atoms with van der Waals surface area (Å²) in [5, 5.41) is 11.0. The van der Waals surface area contributed by atoms with Crippen molar-refractivity contribution in [1.82, 2.24) is 0 Å². The van der Waals surface area contributed by atoms with Gasteiger partial charge in [-0.2, -0.15) is 0 Å². The Labute approximate surface area is 115 Å². The maximum Gasteiger partial charge on any atom is 0.123 e. The molecular formula is C17H25FO. The molecule has 0 aliphatic heterocycles. The molecule has 106 valence electrons. The second-order valence-corrected chi connectivity index (χ2v) is 6.43. The van der Waals surface area contributed by atoms with Crippen molar-refractivity contribution in [1.29, 1.82) is 0 Å². The van der Waals surface area contributed by atoms with Gasteiger partial charge >= 0.3 is 0 Å². The second kappa shape index (κ2) is 5.62. The van der Waals surface area contributed by atoms with Gasteiger partial charge in [0.2, 0.25) is 0 Å². The van der Waals surface area contributed by atoms with E-state index in [1.54, 1.807) is 6.07 Å². The Morgan fingerprint density at radius 1 is 1.26 bits per heavy atom. The van der Waals surface area contributed by atoms with E-state index in [-0.39, 0.29) is 5.82 Å². The fourth-order valence-corrected chi connectivity index (χ4v) is 3.44. The number of aryl methyl sites for hydroxylation is 1. The number of benzene rings is 1. The number of rotatable bonds is 2. The van der Waals surface area contributed by atoms with Crippen LogP contribution in [0.15, 0.2) is 18.2 Å². The van der Waals surface area contributed by atoms with Gasteiger partial charge in [-0.1, -0.05) is 26.3 Å². The van der Waals surface area contributed by atoms with Crippen LogP contribution in [-0.4, -0.2) is 5.11 Å². The average Bonchev–Trinajstić information content (AvgIpc) is 2.51. The Balaban J connectivity index is 2.22. The van der Waals surface area contributed by atoms with E-state index < -0.39 is 5.60 Å². The molecule has 0 spiro atoms. The third-order valence-electron chi connectivity index (χ3n) is 4.73. The van der Waals surface area contributed by atoms with Gasteiger partial charge in [0, 0.05) is 0 Å². The first-order chi connectivity index (χ1) is 8.92. The van der Waals surface area contributed by atoms with Gasteiger partial charge in [0.25, 0.3) is 0 Å². The van der Waals surface area contributed by atoms with Gasteiger partial charge in [-0.15, -0.1) is 0 Å². The lowest BCUT2D eigenvalue weighted by molar-refractivity contribution is 0.0184. The van der Waals surface area contributed by atoms with Crippen molar-refractivity contribution in [2.75, 3.05) is 0 Å². The smallest absolute Gasteiger partial charge is 0.123 e. The van der Waals surface area contributed by atoms with Crippen LogP contribution in [-0.2, 0) is 5.60 Å². The van der Waals surface area contributed by atoms with Crippen LogP contribution >= 0.6 is 0 Å². The average molecular weight is 264 g/mol. The summed E-state index contributed by atoms with van der Waals surface area (Å²) in [4.78, 5) is 0. The molecule has 1 aromatic rings. The molecule has 0 aromatic heterocycles. The molecule has 1 nitrogen and oxygen atoms in total. The lowest BCUT2D eigenvalue weighted by Gasteiger charge is -2.29. The van der Waals surface area contributed by atoms with Gasteiger partial charge < -0.3 is 5.11 Å². The minimum absolute atomic E-state index is 0.224. The fourth-order valence-electron chi connectivity index (χ4n) is 3.44. The van der Waals surface area contributed by atoms with E-state index in [4.69, 9.17) is 0 Å². The maximum absolute atomic E-state index is 13.2. The lowest BCUT2D eigenvalue weighted by Crippen LogP contribution is -2.26. The van der Waals surface area contributed by atoms with E-state index in [1.807, 2.05) is 6.92 Å². The van der Waals surface area contributed by atoms with Crippen LogP contribution < -0.4 is 0 Å². The molecule has 0 heterocycles. The lowest BCUT2D eigenvalue weighted by atomic mass is 9.83. The highest BCUT2D eigenvalue weighted by Gasteiger charge is 2.34. The third-order valence-corrected chi connectivity index (χ3v) is 4.73. The first-order valence-electron chi connectivity index (χ1n) is 7.41. The molecule has 1 saturated carbocycles. The zero-order chi connectivity index (χ0) is 14.0. The summed E-state index contributed by atoms with van der Waals surface area (Å²) >= 11 is 0. The predicted octanol–water partition coefficient (Wildman–Crippen LogP) is 4.56. The van der Waals surface area contributed by atoms with Gasteiger partial charge in [-0.05, 0) is 67.7 Å². The van der Waals surface area contributed by atoms with E-state index >= 15 is 0 Å². The summed E-state index contributed by atoms with van der Waals surface area (Å²) in [6.45, 7) is 6.41. The molecule has 1 fully saturated rings. The van der Waals surface area contributed by atoms with Gasteiger partial charge in [0.15, 0.2) is 0 Å². The van der Waals surface area contributed by atoms with Crippen LogP contribution in [0.5, 0.6) is 0 Å². The highest BCUT2D eigenvalue weighted by atomic mass is 19.1. The maximum atomic E-state index is 13.2. The molecule has 0 amide bonds. The van der Waals surface area contributed by atoms with E-state index in [0.717, 1.165) is 36.8 Å². The van der Waals surface area contributed by atoms with Crippen LogP contribution in [0, 0.1) is 24.6 Å². The zero-order valence-corrected chi connectivity index (χ0v) is 12.2. The summed E-state index contributed by atoms with van der Waals surface area (Å²) in [5.74, 6) is 1.16. The molecule has 2 heteroatoms. The highest BCUT2D eigenvalue weighted by molar-refractivity contribution is 5.32. The summed E-state index contributed by atoms with van der Waals surface area (Å²) in [5.41, 5.74) is 1.02. The largest absolute Gasteiger partial charge is 0.385 e. The van der Waals surface area contributed by atoms with Gasteiger partial charge in [-0.3, -0.25) is 0 Å². The fraction of sp³-hybridized carbons (Fsp3) is 0.647. The van der Waals surface area contributed by atoms with Crippen LogP contribution in [0.4, 0.5) is 4.39 Å². The molecule has 2 rings (SSSR count). The van der Waals surface area contributed by atoms with E-state index in [2.05, 4.69) is 13.8 Å². The second-order valence-electron chi connectivity index (χ2n) is 6.43. The topological polar surface area (TPSA) is 20.2 Å². The first kappa shape index (κ1) is 14.5. The molecule has 0 saturated heterocycles. The first-order valence-corrected chi connectivity index (χ1v) is 7.41. The number of hydrogen-bond donors (Lipinski definition) is 1. The molecule has 2 unspecified atom stereocenters. The Kier molecular flexibility index (Phi) is 4.29. The van der Waals surface area contributed by atoms with Gasteiger partial charge in [0.05, 0.1) is 5.60 Å². The molecule has 0 bridgehead atoms. The van der Waals surface area contributed by atoms with Crippen molar-refractivity contribution >= 4 is 0 Å². The van der Waals surface area contributed by atoms with Crippen molar-refractivity contribution in [3.8, 4) is 0 Å².